The predicted octanol–water partition coefficient (Wildman–Crippen LogP) is 6.65. The van der Waals surface area contributed by atoms with Gasteiger partial charge in [0.25, 0.3) is 0 Å². The van der Waals surface area contributed by atoms with Crippen LogP contribution in [0.3, 0.4) is 0 Å². The largest absolute Gasteiger partial charge is 0.497 e. The maximum Gasteiger partial charge on any atom is 0.416 e. The Bertz CT molecular complexity index is 1570. The summed E-state index contributed by atoms with van der Waals surface area (Å²) >= 11 is 0. The molecule has 184 valence electrons. The number of para-hydroxylation sites is 1. The van der Waals surface area contributed by atoms with Crippen molar-refractivity contribution < 1.29 is 27.1 Å². The van der Waals surface area contributed by atoms with Gasteiger partial charge in [0.15, 0.2) is 0 Å². The minimum Gasteiger partial charge on any atom is -0.497 e. The van der Waals surface area contributed by atoms with Crippen molar-refractivity contribution in [2.24, 2.45) is 5.41 Å². The first-order valence-electron chi connectivity index (χ1n) is 11.5. The third kappa shape index (κ3) is 2.93. The van der Waals surface area contributed by atoms with E-state index in [2.05, 4.69) is 5.32 Å². The summed E-state index contributed by atoms with van der Waals surface area (Å²) in [5.41, 5.74) is -0.631. The Morgan fingerprint density at radius 3 is 2.42 bits per heavy atom. The van der Waals surface area contributed by atoms with Gasteiger partial charge in [0.05, 0.1) is 23.6 Å². The summed E-state index contributed by atoms with van der Waals surface area (Å²) < 4.78 is 57.9. The van der Waals surface area contributed by atoms with E-state index in [0.717, 1.165) is 17.7 Å². The molecule has 0 amide bonds. The molecule has 3 heterocycles. The van der Waals surface area contributed by atoms with Crippen LogP contribution in [0.2, 0.25) is 0 Å². The van der Waals surface area contributed by atoms with Crippen molar-refractivity contribution in [3.05, 3.63) is 99.4 Å². The number of fused-ring (bicyclic) bond motifs is 8. The lowest BCUT2D eigenvalue weighted by Crippen LogP contribution is -2.61. The summed E-state index contributed by atoms with van der Waals surface area (Å²) in [7, 11) is 1.56. The first-order chi connectivity index (χ1) is 17.1. The van der Waals surface area contributed by atoms with E-state index in [1.54, 1.807) is 31.4 Å². The predicted molar refractivity (Wildman–Crippen MR) is 128 cm³/mol. The molecule has 0 spiro atoms. The van der Waals surface area contributed by atoms with Gasteiger partial charge in [-0.2, -0.15) is 13.2 Å². The van der Waals surface area contributed by atoms with E-state index >= 15 is 0 Å². The van der Waals surface area contributed by atoms with Crippen LogP contribution in [0, 0.1) is 5.41 Å². The Kier molecular flexibility index (Phi) is 4.56. The summed E-state index contributed by atoms with van der Waals surface area (Å²) in [5.74, 6) is 0.467. The molecule has 3 aromatic carbocycles. The van der Waals surface area contributed by atoms with Gasteiger partial charge >= 0.3 is 11.8 Å². The molecule has 1 N–H and O–H groups in total. The van der Waals surface area contributed by atoms with Gasteiger partial charge in [0.2, 0.25) is 5.72 Å². The molecule has 6 rings (SSSR count). The standard InChI is InChI=1S/C28H22F3NO4/c1-26(2)23-19-14-17(34-3)12-13-20(19)32-27(26,15-8-10-16(11-9-15)28(29,30)31)36-24-18-6-4-5-7-21(18)35-25(33)22(23)24/h4-14,23,32H,1-3H3/t23-,27+/m1/s1. The second-order valence-electron chi connectivity index (χ2n) is 9.72. The highest BCUT2D eigenvalue weighted by Crippen LogP contribution is 2.63. The van der Waals surface area contributed by atoms with Gasteiger partial charge in [-0.05, 0) is 48.0 Å². The van der Waals surface area contributed by atoms with Gasteiger partial charge in [-0.1, -0.05) is 38.1 Å². The number of methoxy groups -OCH3 is 1. The lowest BCUT2D eigenvalue weighted by Gasteiger charge is -2.58. The molecule has 0 aliphatic carbocycles. The zero-order chi connectivity index (χ0) is 25.5. The molecule has 1 aromatic heterocycles. The summed E-state index contributed by atoms with van der Waals surface area (Å²) in [6.07, 6.45) is -4.47. The zero-order valence-corrected chi connectivity index (χ0v) is 19.7. The average molecular weight is 493 g/mol. The highest BCUT2D eigenvalue weighted by molar-refractivity contribution is 5.86. The lowest BCUT2D eigenvalue weighted by atomic mass is 9.59. The summed E-state index contributed by atoms with van der Waals surface area (Å²) in [5, 5.41) is 4.10. The van der Waals surface area contributed by atoms with Crippen LogP contribution < -0.4 is 20.4 Å². The number of halogens is 3. The van der Waals surface area contributed by atoms with E-state index in [0.29, 0.717) is 39.3 Å². The Hall–Kier alpha value is -3.94. The minimum absolute atomic E-state index is 0.354. The Morgan fingerprint density at radius 2 is 1.72 bits per heavy atom. The Balaban J connectivity index is 1.69. The van der Waals surface area contributed by atoms with E-state index in [9.17, 15) is 18.0 Å². The number of anilines is 1. The van der Waals surface area contributed by atoms with Gasteiger partial charge in [-0.3, -0.25) is 0 Å². The quantitative estimate of drug-likeness (QED) is 0.317. The molecule has 2 atom stereocenters. The van der Waals surface area contributed by atoms with Crippen molar-refractivity contribution in [3.8, 4) is 11.5 Å². The zero-order valence-electron chi connectivity index (χ0n) is 19.7. The second kappa shape index (κ2) is 7.29. The molecule has 2 aliphatic rings. The maximum absolute atomic E-state index is 13.4. The van der Waals surface area contributed by atoms with Crippen molar-refractivity contribution in [3.63, 3.8) is 0 Å². The molecule has 0 saturated heterocycles. The molecule has 0 fully saturated rings. The number of rotatable bonds is 2. The number of hydrogen-bond acceptors (Lipinski definition) is 5. The average Bonchev–Trinajstić information content (AvgIpc) is 2.83. The molecular formula is C28H22F3NO4. The van der Waals surface area contributed by atoms with Gasteiger partial charge in [0, 0.05) is 22.6 Å². The van der Waals surface area contributed by atoms with Gasteiger partial charge in [-0.25, -0.2) is 4.79 Å². The van der Waals surface area contributed by atoms with Crippen LogP contribution in [-0.4, -0.2) is 7.11 Å². The number of hydrogen-bond donors (Lipinski definition) is 1. The summed E-state index contributed by atoms with van der Waals surface area (Å²) in [4.78, 5) is 13.4. The highest BCUT2D eigenvalue weighted by Gasteiger charge is 2.62. The van der Waals surface area contributed by atoms with Crippen molar-refractivity contribution >= 4 is 16.7 Å². The van der Waals surface area contributed by atoms with E-state index in [1.807, 2.05) is 32.0 Å². The van der Waals surface area contributed by atoms with Gasteiger partial charge in [0.1, 0.15) is 17.1 Å². The van der Waals surface area contributed by atoms with Crippen LogP contribution in [0.4, 0.5) is 18.9 Å². The molecule has 8 heteroatoms. The SMILES string of the molecule is COc1ccc2c(c1)[C@@H]1c3c(c4ccccc4oc3=O)O[C@](c3ccc(C(F)(F)F)cc3)(N2)C1(C)C. The number of alkyl halides is 3. The first kappa shape index (κ1) is 22.5. The molecule has 36 heavy (non-hydrogen) atoms. The lowest BCUT2D eigenvalue weighted by molar-refractivity contribution is -0.137. The number of benzene rings is 3. The van der Waals surface area contributed by atoms with E-state index < -0.39 is 34.4 Å². The minimum atomic E-state index is -4.47. The van der Waals surface area contributed by atoms with Crippen LogP contribution in [0.25, 0.3) is 11.0 Å². The number of nitrogens with one attached hydrogen (secondary N) is 1. The molecule has 0 radical (unpaired) electrons. The van der Waals surface area contributed by atoms with Crippen LogP contribution in [-0.2, 0) is 11.9 Å². The van der Waals surface area contributed by atoms with E-state index in [4.69, 9.17) is 13.9 Å². The molecule has 0 saturated carbocycles. The smallest absolute Gasteiger partial charge is 0.416 e. The Labute approximate surface area is 204 Å². The molecule has 2 bridgehead atoms. The second-order valence-corrected chi connectivity index (χ2v) is 9.72. The van der Waals surface area contributed by atoms with Crippen molar-refractivity contribution in [2.45, 2.75) is 31.7 Å². The fraction of sp³-hybridized carbons (Fsp3) is 0.250. The first-order valence-corrected chi connectivity index (χ1v) is 11.5. The number of ether oxygens (including phenoxy) is 2. The Morgan fingerprint density at radius 1 is 1.00 bits per heavy atom. The molecular weight excluding hydrogens is 471 g/mol. The fourth-order valence-electron chi connectivity index (χ4n) is 5.68. The fourth-order valence-corrected chi connectivity index (χ4v) is 5.68. The third-order valence-corrected chi connectivity index (χ3v) is 7.47. The highest BCUT2D eigenvalue weighted by atomic mass is 19.4. The van der Waals surface area contributed by atoms with Crippen LogP contribution in [0.1, 0.15) is 42.0 Å². The molecule has 0 unspecified atom stereocenters. The van der Waals surface area contributed by atoms with Crippen molar-refractivity contribution in [1.29, 1.82) is 0 Å². The van der Waals surface area contributed by atoms with Gasteiger partial charge in [-0.15, -0.1) is 0 Å². The van der Waals surface area contributed by atoms with Crippen LogP contribution >= 0.6 is 0 Å². The molecule has 4 aromatic rings. The topological polar surface area (TPSA) is 60.7 Å². The van der Waals surface area contributed by atoms with Crippen LogP contribution in [0.15, 0.2) is 75.9 Å². The summed E-state index contributed by atoms with van der Waals surface area (Å²) in [6, 6.07) is 17.5. The van der Waals surface area contributed by atoms with E-state index in [1.165, 1.54) is 12.1 Å². The van der Waals surface area contributed by atoms with Gasteiger partial charge < -0.3 is 19.2 Å². The third-order valence-electron chi connectivity index (χ3n) is 7.47. The normalized spacial score (nSPS) is 21.7. The van der Waals surface area contributed by atoms with Crippen LogP contribution in [0.5, 0.6) is 11.5 Å². The molecule has 5 nitrogen and oxygen atoms in total. The van der Waals surface area contributed by atoms with E-state index in [-0.39, 0.29) is 0 Å². The molecule has 2 aliphatic heterocycles. The van der Waals surface area contributed by atoms with Crippen molar-refractivity contribution in [1.82, 2.24) is 0 Å². The maximum atomic E-state index is 13.4. The summed E-state index contributed by atoms with van der Waals surface area (Å²) in [6.45, 7) is 3.87. The van der Waals surface area contributed by atoms with Crippen molar-refractivity contribution in [2.75, 3.05) is 12.4 Å². The monoisotopic (exact) mass is 493 g/mol.